The van der Waals surface area contributed by atoms with E-state index >= 15 is 0 Å². The molecule has 168 valence electrons. The van der Waals surface area contributed by atoms with Crippen molar-refractivity contribution in [3.63, 3.8) is 0 Å². The molecule has 0 bridgehead atoms. The molecule has 2 atom stereocenters. The fourth-order valence-corrected chi connectivity index (χ4v) is 4.93. The first-order chi connectivity index (χ1) is 16.1. The van der Waals surface area contributed by atoms with E-state index in [2.05, 4.69) is 53.1 Å². The normalized spacial score (nSPS) is 20.1. The number of benzene rings is 1. The Hall–Kier alpha value is -3.87. The van der Waals surface area contributed by atoms with E-state index in [-0.39, 0.29) is 12.0 Å². The van der Waals surface area contributed by atoms with Gasteiger partial charge in [0.15, 0.2) is 0 Å². The van der Waals surface area contributed by atoms with Gasteiger partial charge in [-0.25, -0.2) is 9.97 Å². The number of aromatic nitrogens is 3. The molecule has 0 saturated carbocycles. The third kappa shape index (κ3) is 3.31. The summed E-state index contributed by atoms with van der Waals surface area (Å²) >= 11 is 0. The van der Waals surface area contributed by atoms with Crippen LogP contribution in [0, 0.1) is 5.92 Å². The van der Waals surface area contributed by atoms with Crippen molar-refractivity contribution >= 4 is 39.8 Å². The van der Waals surface area contributed by atoms with Crippen molar-refractivity contribution in [1.82, 2.24) is 15.0 Å². The first kappa shape index (κ1) is 21.0. The minimum atomic E-state index is 0.0000505. The number of hydrogen-bond donors (Lipinski definition) is 1. The maximum absolute atomic E-state index is 6.14. The fraction of sp³-hybridized carbons (Fsp3) is 0.269. The van der Waals surface area contributed by atoms with Gasteiger partial charge in [0.05, 0.1) is 23.9 Å². The van der Waals surface area contributed by atoms with Crippen LogP contribution < -0.4 is 4.74 Å². The summed E-state index contributed by atoms with van der Waals surface area (Å²) in [6.45, 7) is 9.39. The summed E-state index contributed by atoms with van der Waals surface area (Å²) in [6, 6.07) is 4.12. The highest BCUT2D eigenvalue weighted by molar-refractivity contribution is 6.11. The van der Waals surface area contributed by atoms with Crippen molar-refractivity contribution in [3.8, 4) is 5.75 Å². The van der Waals surface area contributed by atoms with Gasteiger partial charge in [-0.2, -0.15) is 0 Å². The molecule has 5 rings (SSSR count). The smallest absolute Gasteiger partial charge is 0.142 e. The van der Waals surface area contributed by atoms with Crippen molar-refractivity contribution in [2.45, 2.75) is 33.3 Å². The molecule has 1 N–H and O–H groups in total. The summed E-state index contributed by atoms with van der Waals surface area (Å²) < 4.78 is 11.9. The number of ether oxygens (including phenoxy) is 2. The van der Waals surface area contributed by atoms with Crippen LogP contribution in [-0.2, 0) is 9.57 Å². The van der Waals surface area contributed by atoms with E-state index < -0.39 is 0 Å². The Labute approximate surface area is 192 Å². The first-order valence-corrected chi connectivity index (χ1v) is 11.0. The summed E-state index contributed by atoms with van der Waals surface area (Å²) in [7, 11) is 1.67. The third-order valence-electron chi connectivity index (χ3n) is 6.38. The Morgan fingerprint density at radius 2 is 2.06 bits per heavy atom. The Morgan fingerprint density at radius 1 is 1.24 bits per heavy atom. The Bertz CT molecular complexity index is 1390. The fourth-order valence-electron chi connectivity index (χ4n) is 4.93. The van der Waals surface area contributed by atoms with Gasteiger partial charge in [0, 0.05) is 40.2 Å². The van der Waals surface area contributed by atoms with Gasteiger partial charge >= 0.3 is 0 Å². The maximum Gasteiger partial charge on any atom is 0.142 e. The molecule has 2 aromatic heterocycles. The van der Waals surface area contributed by atoms with Gasteiger partial charge in [-0.1, -0.05) is 30.3 Å². The number of aromatic amines is 1. The molecule has 2 aliphatic rings. The molecular formula is C26H26N4O3. The van der Waals surface area contributed by atoms with Gasteiger partial charge < -0.3 is 19.3 Å². The lowest BCUT2D eigenvalue weighted by Crippen LogP contribution is -2.16. The Morgan fingerprint density at radius 3 is 2.82 bits per heavy atom. The van der Waals surface area contributed by atoms with E-state index in [0.29, 0.717) is 5.76 Å². The summed E-state index contributed by atoms with van der Waals surface area (Å²) in [5.41, 5.74) is 5.63. The molecule has 0 spiro atoms. The number of fused-ring (bicyclic) bond motifs is 4. The second-order valence-electron chi connectivity index (χ2n) is 8.13. The largest absolute Gasteiger partial charge is 0.496 e. The zero-order chi connectivity index (χ0) is 23.1. The molecule has 7 nitrogen and oxygen atoms in total. The van der Waals surface area contributed by atoms with E-state index in [1.54, 1.807) is 13.4 Å². The number of rotatable bonds is 6. The topological polar surface area (TPSA) is 81.6 Å². The number of methoxy groups -OCH3 is 1. The van der Waals surface area contributed by atoms with Gasteiger partial charge in [0.2, 0.25) is 0 Å². The van der Waals surface area contributed by atoms with Crippen molar-refractivity contribution in [2.24, 2.45) is 11.1 Å². The Balaban J connectivity index is 1.75. The standard InChI is InChI=1S/C26H26N4O3/c1-6-16(14(2)33-27-4)18-11-20-19(12-22(18)31-5)24-25(28-13-29-26(24)30-20)23-15(3)32-21-10-8-7-9-17(21)23/h7-13,17,21H,4,6H2,1-3,5H3,(H,28,29,30)/b16-14+/t17?,21-/m0/s1. The quantitative estimate of drug-likeness (QED) is 0.298. The molecule has 0 radical (unpaired) electrons. The number of allylic oxidation sites excluding steroid dienone is 5. The van der Waals surface area contributed by atoms with Gasteiger partial charge in [-0.15, -0.1) is 0 Å². The molecular weight excluding hydrogens is 416 g/mol. The average molecular weight is 443 g/mol. The van der Waals surface area contributed by atoms with Crippen molar-refractivity contribution in [2.75, 3.05) is 7.11 Å². The van der Waals surface area contributed by atoms with Gasteiger partial charge in [-0.05, 0) is 38.5 Å². The van der Waals surface area contributed by atoms with E-state index in [4.69, 9.17) is 19.3 Å². The average Bonchev–Trinajstić information content (AvgIpc) is 3.35. The second kappa shape index (κ2) is 8.24. The number of H-pyrrole nitrogens is 1. The van der Waals surface area contributed by atoms with Crippen molar-refractivity contribution < 1.29 is 14.3 Å². The predicted octanol–water partition coefficient (Wildman–Crippen LogP) is 5.76. The molecule has 0 fully saturated rings. The van der Waals surface area contributed by atoms with E-state index in [9.17, 15) is 0 Å². The van der Waals surface area contributed by atoms with Crippen LogP contribution in [0.2, 0.25) is 0 Å². The van der Waals surface area contributed by atoms with Crippen LogP contribution in [0.5, 0.6) is 5.75 Å². The molecule has 1 aliphatic carbocycles. The molecule has 3 heterocycles. The Kier molecular flexibility index (Phi) is 5.24. The molecule has 0 amide bonds. The second-order valence-corrected chi connectivity index (χ2v) is 8.13. The highest BCUT2D eigenvalue weighted by Crippen LogP contribution is 2.44. The monoisotopic (exact) mass is 442 g/mol. The number of oxime groups is 1. The minimum Gasteiger partial charge on any atom is -0.496 e. The van der Waals surface area contributed by atoms with Gasteiger partial charge in [0.1, 0.15) is 29.6 Å². The first-order valence-electron chi connectivity index (χ1n) is 11.0. The highest BCUT2D eigenvalue weighted by atomic mass is 16.6. The van der Waals surface area contributed by atoms with Gasteiger partial charge in [0.25, 0.3) is 0 Å². The SMILES string of the molecule is C=NO/C(C)=C(\CC)c1cc2[nH]c3ncnc(C4=C(C)O[C@H]5C=CC=CC45)c3c2cc1OC. The molecule has 33 heavy (non-hydrogen) atoms. The number of nitrogens with zero attached hydrogens (tertiary/aromatic N) is 3. The lowest BCUT2D eigenvalue weighted by molar-refractivity contribution is 0.166. The van der Waals surface area contributed by atoms with Crippen LogP contribution in [0.25, 0.3) is 33.1 Å². The summed E-state index contributed by atoms with van der Waals surface area (Å²) in [6.07, 6.45) is 10.7. The summed E-state index contributed by atoms with van der Waals surface area (Å²) in [4.78, 5) is 18.1. The van der Waals surface area contributed by atoms with Crippen LogP contribution in [0.15, 0.2) is 59.4 Å². The summed E-state index contributed by atoms with van der Waals surface area (Å²) in [5.74, 6) is 2.45. The number of hydrogen-bond acceptors (Lipinski definition) is 6. The minimum absolute atomic E-state index is 0.0000505. The molecule has 1 aromatic carbocycles. The molecule has 0 saturated heterocycles. The highest BCUT2D eigenvalue weighted by Gasteiger charge is 2.35. The van der Waals surface area contributed by atoms with Crippen LogP contribution in [0.3, 0.4) is 0 Å². The van der Waals surface area contributed by atoms with Crippen LogP contribution in [-0.4, -0.2) is 34.9 Å². The number of nitrogens with one attached hydrogen (secondary N) is 1. The maximum atomic E-state index is 6.14. The predicted molar refractivity (Wildman–Crippen MR) is 131 cm³/mol. The molecule has 3 aromatic rings. The van der Waals surface area contributed by atoms with Crippen LogP contribution in [0.1, 0.15) is 38.4 Å². The van der Waals surface area contributed by atoms with Crippen molar-refractivity contribution in [3.05, 3.63) is 65.5 Å². The molecule has 1 unspecified atom stereocenters. The van der Waals surface area contributed by atoms with Gasteiger partial charge in [-0.3, -0.25) is 0 Å². The van der Waals surface area contributed by atoms with Crippen molar-refractivity contribution in [1.29, 1.82) is 0 Å². The zero-order valence-corrected chi connectivity index (χ0v) is 19.2. The lowest BCUT2D eigenvalue weighted by atomic mass is 9.88. The molecule has 7 heteroatoms. The van der Waals surface area contributed by atoms with Crippen LogP contribution >= 0.6 is 0 Å². The lowest BCUT2D eigenvalue weighted by Gasteiger charge is -2.17. The zero-order valence-electron chi connectivity index (χ0n) is 19.2. The van der Waals surface area contributed by atoms with E-state index in [1.165, 1.54) is 0 Å². The summed E-state index contributed by atoms with van der Waals surface area (Å²) in [5, 5.41) is 5.53. The van der Waals surface area contributed by atoms with Crippen LogP contribution in [0.4, 0.5) is 0 Å². The molecule has 1 aliphatic heterocycles. The van der Waals surface area contributed by atoms with E-state index in [1.807, 2.05) is 26.0 Å². The van der Waals surface area contributed by atoms with E-state index in [0.717, 1.165) is 62.3 Å². The third-order valence-corrected chi connectivity index (χ3v) is 6.38.